The van der Waals surface area contributed by atoms with Gasteiger partial charge in [0.15, 0.2) is 12.2 Å². The number of carbonyl (C=O) groups is 2. The summed E-state index contributed by atoms with van der Waals surface area (Å²) in [7, 11) is 0. The first-order chi connectivity index (χ1) is 13.9. The second kappa shape index (κ2) is 11.4. The van der Waals surface area contributed by atoms with Crippen molar-refractivity contribution in [3.05, 3.63) is 64.7 Å². The van der Waals surface area contributed by atoms with Gasteiger partial charge in [-0.2, -0.15) is 0 Å². The van der Waals surface area contributed by atoms with Crippen molar-refractivity contribution < 1.29 is 24.2 Å². The lowest BCUT2D eigenvalue weighted by Gasteiger charge is -2.16. The molecule has 0 bridgehead atoms. The molecule has 0 spiro atoms. The van der Waals surface area contributed by atoms with Crippen LogP contribution in [0.2, 0.25) is 5.02 Å². The predicted octanol–water partition coefficient (Wildman–Crippen LogP) is 3.50. The summed E-state index contributed by atoms with van der Waals surface area (Å²) >= 11 is 5.95. The van der Waals surface area contributed by atoms with E-state index in [9.17, 15) is 9.59 Å². The van der Waals surface area contributed by atoms with Crippen LogP contribution in [0.3, 0.4) is 0 Å². The van der Waals surface area contributed by atoms with Gasteiger partial charge in [-0.15, -0.1) is 0 Å². The fourth-order valence-corrected chi connectivity index (χ4v) is 2.97. The van der Waals surface area contributed by atoms with Crippen LogP contribution in [0.1, 0.15) is 25.0 Å². The Morgan fingerprint density at radius 2 is 1.86 bits per heavy atom. The van der Waals surface area contributed by atoms with Crippen LogP contribution in [0.4, 0.5) is 0 Å². The standard InChI is InChI=1S/C22H26ClNO5/c1-3-28-20(22(26)27)14-17-7-9-19(10-8-17)29-15(2)21(25)24-12-11-16-5-4-6-18(23)13-16/h4-10,13,15,20H,3,11-12,14H2,1-2H3,(H,24,25)(H,26,27)/t15?,20-/m1/s1. The fraction of sp³-hybridized carbons (Fsp3) is 0.364. The minimum absolute atomic E-state index is 0.210. The molecule has 0 heterocycles. The second-order valence-electron chi connectivity index (χ2n) is 6.56. The Labute approximate surface area is 175 Å². The molecule has 1 amide bonds. The predicted molar refractivity (Wildman–Crippen MR) is 111 cm³/mol. The van der Waals surface area contributed by atoms with Crippen molar-refractivity contribution in [2.24, 2.45) is 0 Å². The van der Waals surface area contributed by atoms with Crippen LogP contribution in [0.25, 0.3) is 0 Å². The highest BCUT2D eigenvalue weighted by molar-refractivity contribution is 6.30. The van der Waals surface area contributed by atoms with Gasteiger partial charge in [-0.05, 0) is 55.7 Å². The molecule has 2 rings (SSSR count). The minimum Gasteiger partial charge on any atom is -0.481 e. The Kier molecular flexibility index (Phi) is 8.96. The minimum atomic E-state index is -0.991. The van der Waals surface area contributed by atoms with Crippen LogP contribution in [0, 0.1) is 0 Å². The molecule has 7 heteroatoms. The first kappa shape index (κ1) is 22.7. The van der Waals surface area contributed by atoms with E-state index in [2.05, 4.69) is 5.32 Å². The molecule has 156 valence electrons. The quantitative estimate of drug-likeness (QED) is 0.582. The number of nitrogens with one attached hydrogen (secondary N) is 1. The highest BCUT2D eigenvalue weighted by atomic mass is 35.5. The van der Waals surface area contributed by atoms with Crippen LogP contribution in [-0.2, 0) is 27.2 Å². The number of benzene rings is 2. The Balaban J connectivity index is 1.80. The Morgan fingerprint density at radius 1 is 1.14 bits per heavy atom. The molecule has 0 saturated carbocycles. The first-order valence-electron chi connectivity index (χ1n) is 9.51. The summed E-state index contributed by atoms with van der Waals surface area (Å²) in [6.07, 6.45) is -0.590. The highest BCUT2D eigenvalue weighted by Crippen LogP contribution is 2.16. The van der Waals surface area contributed by atoms with Gasteiger partial charge in [0.2, 0.25) is 0 Å². The number of halogens is 1. The van der Waals surface area contributed by atoms with Crippen molar-refractivity contribution in [2.45, 2.75) is 38.9 Å². The molecule has 0 aromatic heterocycles. The number of hydrogen-bond acceptors (Lipinski definition) is 4. The van der Waals surface area contributed by atoms with Gasteiger partial charge >= 0.3 is 5.97 Å². The molecular formula is C22H26ClNO5. The third-order valence-corrected chi connectivity index (χ3v) is 4.51. The van der Waals surface area contributed by atoms with Crippen molar-refractivity contribution in [2.75, 3.05) is 13.2 Å². The number of hydrogen-bond donors (Lipinski definition) is 2. The smallest absolute Gasteiger partial charge is 0.333 e. The average molecular weight is 420 g/mol. The van der Waals surface area contributed by atoms with Crippen LogP contribution >= 0.6 is 11.6 Å². The zero-order chi connectivity index (χ0) is 21.2. The maximum atomic E-state index is 12.2. The summed E-state index contributed by atoms with van der Waals surface area (Å²) in [5.41, 5.74) is 1.87. The van der Waals surface area contributed by atoms with Gasteiger partial charge in [0.05, 0.1) is 0 Å². The molecule has 0 aliphatic carbocycles. The molecule has 6 nitrogen and oxygen atoms in total. The topological polar surface area (TPSA) is 84.9 Å². The van der Waals surface area contributed by atoms with E-state index in [0.29, 0.717) is 30.3 Å². The van der Waals surface area contributed by atoms with Crippen LogP contribution in [0.15, 0.2) is 48.5 Å². The van der Waals surface area contributed by atoms with Gasteiger partial charge in [0, 0.05) is 24.6 Å². The van der Waals surface area contributed by atoms with Crippen molar-refractivity contribution in [1.29, 1.82) is 0 Å². The number of rotatable bonds is 11. The van der Waals surface area contributed by atoms with Crippen LogP contribution in [0.5, 0.6) is 5.75 Å². The monoisotopic (exact) mass is 419 g/mol. The van der Waals surface area contributed by atoms with Gasteiger partial charge in [-0.3, -0.25) is 4.79 Å². The summed E-state index contributed by atoms with van der Waals surface area (Å²) in [4.78, 5) is 23.4. The van der Waals surface area contributed by atoms with Gasteiger partial charge in [-0.25, -0.2) is 4.79 Å². The maximum absolute atomic E-state index is 12.2. The summed E-state index contributed by atoms with van der Waals surface area (Å²) in [6.45, 7) is 4.26. The van der Waals surface area contributed by atoms with E-state index in [-0.39, 0.29) is 12.3 Å². The van der Waals surface area contributed by atoms with E-state index in [4.69, 9.17) is 26.2 Å². The molecule has 2 atom stereocenters. The Hall–Kier alpha value is -2.57. The third kappa shape index (κ3) is 7.75. The molecule has 2 aromatic rings. The molecule has 29 heavy (non-hydrogen) atoms. The second-order valence-corrected chi connectivity index (χ2v) is 7.00. The molecular weight excluding hydrogens is 394 g/mol. The van der Waals surface area contributed by atoms with Crippen molar-refractivity contribution in [3.8, 4) is 5.75 Å². The normalized spacial score (nSPS) is 12.8. The number of carbonyl (C=O) groups excluding carboxylic acids is 1. The molecule has 0 fully saturated rings. The van der Waals surface area contributed by atoms with E-state index >= 15 is 0 Å². The molecule has 2 N–H and O–H groups in total. The van der Waals surface area contributed by atoms with E-state index in [1.54, 1.807) is 38.1 Å². The lowest BCUT2D eigenvalue weighted by atomic mass is 10.1. The average Bonchev–Trinajstić information content (AvgIpc) is 2.69. The lowest BCUT2D eigenvalue weighted by Crippen LogP contribution is -2.37. The van der Waals surface area contributed by atoms with Gasteiger partial charge < -0.3 is 19.9 Å². The van der Waals surface area contributed by atoms with Crippen molar-refractivity contribution in [1.82, 2.24) is 5.32 Å². The summed E-state index contributed by atoms with van der Waals surface area (Å²) in [6, 6.07) is 14.5. The van der Waals surface area contributed by atoms with Gasteiger partial charge in [0.1, 0.15) is 5.75 Å². The lowest BCUT2D eigenvalue weighted by molar-refractivity contribution is -0.150. The molecule has 0 aliphatic heterocycles. The molecule has 0 saturated heterocycles. The van der Waals surface area contributed by atoms with Gasteiger partial charge in [0.25, 0.3) is 5.91 Å². The zero-order valence-electron chi connectivity index (χ0n) is 16.6. The number of aliphatic carboxylic acids is 1. The molecule has 2 aromatic carbocycles. The molecule has 1 unspecified atom stereocenters. The molecule has 0 aliphatic rings. The van der Waals surface area contributed by atoms with E-state index in [1.165, 1.54) is 0 Å². The molecule has 0 radical (unpaired) electrons. The van der Waals surface area contributed by atoms with Crippen molar-refractivity contribution in [3.63, 3.8) is 0 Å². The third-order valence-electron chi connectivity index (χ3n) is 4.27. The number of carboxylic acids is 1. The Morgan fingerprint density at radius 3 is 2.48 bits per heavy atom. The van der Waals surface area contributed by atoms with Crippen LogP contribution < -0.4 is 10.1 Å². The Bertz CT molecular complexity index is 809. The maximum Gasteiger partial charge on any atom is 0.333 e. The number of ether oxygens (including phenoxy) is 2. The van der Waals surface area contributed by atoms with E-state index in [1.807, 2.05) is 24.3 Å². The first-order valence-corrected chi connectivity index (χ1v) is 9.89. The summed E-state index contributed by atoms with van der Waals surface area (Å²) in [5, 5.41) is 12.7. The zero-order valence-corrected chi connectivity index (χ0v) is 17.3. The fourth-order valence-electron chi connectivity index (χ4n) is 2.76. The summed E-state index contributed by atoms with van der Waals surface area (Å²) in [5.74, 6) is -0.664. The van der Waals surface area contributed by atoms with Crippen molar-refractivity contribution >= 4 is 23.5 Å². The number of carboxylic acid groups (broad SMARTS) is 1. The van der Waals surface area contributed by atoms with Crippen LogP contribution in [-0.4, -0.2) is 42.3 Å². The largest absolute Gasteiger partial charge is 0.481 e. The SMILES string of the molecule is CCO[C@H](Cc1ccc(OC(C)C(=O)NCCc2cccc(Cl)c2)cc1)C(=O)O. The van der Waals surface area contributed by atoms with Gasteiger partial charge in [-0.1, -0.05) is 35.9 Å². The van der Waals surface area contributed by atoms with E-state index < -0.39 is 18.2 Å². The van der Waals surface area contributed by atoms with E-state index in [0.717, 1.165) is 11.1 Å². The number of amides is 1. The highest BCUT2D eigenvalue weighted by Gasteiger charge is 2.18. The summed E-state index contributed by atoms with van der Waals surface area (Å²) < 4.78 is 10.9.